The number of aryl methyl sites for hydroxylation is 1. The Balaban J connectivity index is 2.92. The second-order valence-electron chi connectivity index (χ2n) is 3.97. The van der Waals surface area contributed by atoms with E-state index in [1.165, 1.54) is 18.0 Å². The van der Waals surface area contributed by atoms with Crippen LogP contribution >= 0.6 is 0 Å². The third-order valence-corrected chi connectivity index (χ3v) is 2.31. The fraction of sp³-hybridized carbons (Fsp3) is 0.417. The Labute approximate surface area is 94.5 Å². The first-order valence-electron chi connectivity index (χ1n) is 5.12. The number of halogens is 1. The Bertz CT molecular complexity index is 391. The minimum atomic E-state index is -0.623. The summed E-state index contributed by atoms with van der Waals surface area (Å²) in [5, 5.41) is 9.15. The zero-order valence-corrected chi connectivity index (χ0v) is 9.70. The lowest BCUT2D eigenvalue weighted by molar-refractivity contribution is 0.0699. The second kappa shape index (κ2) is 5.07. The first-order chi connectivity index (χ1) is 7.43. The maximum absolute atomic E-state index is 13.6. The molecule has 0 aliphatic heterocycles. The molecular formula is C12H16FNO2. The molecule has 0 aliphatic carbocycles. The van der Waals surface area contributed by atoms with Crippen LogP contribution in [0.3, 0.4) is 0 Å². The number of nitrogens with zero attached hydrogens (tertiary/aromatic N) is 1. The van der Waals surface area contributed by atoms with E-state index in [0.29, 0.717) is 5.56 Å². The Hall–Kier alpha value is -1.42. The average molecular weight is 225 g/mol. The maximum Gasteiger partial charge on any atom is 0.256 e. The van der Waals surface area contributed by atoms with E-state index in [1.54, 1.807) is 26.0 Å². The molecule has 0 aliphatic rings. The van der Waals surface area contributed by atoms with Crippen LogP contribution in [-0.4, -0.2) is 35.6 Å². The number of carbonyl (C=O) groups excluding carboxylic acids is 1. The molecular weight excluding hydrogens is 209 g/mol. The van der Waals surface area contributed by atoms with Gasteiger partial charge in [-0.25, -0.2) is 4.39 Å². The molecule has 1 aromatic carbocycles. The topological polar surface area (TPSA) is 40.5 Å². The molecule has 1 rings (SSSR count). The van der Waals surface area contributed by atoms with Crippen molar-refractivity contribution >= 4 is 5.91 Å². The van der Waals surface area contributed by atoms with Gasteiger partial charge in [-0.15, -0.1) is 0 Å². The van der Waals surface area contributed by atoms with Crippen molar-refractivity contribution in [2.75, 3.05) is 13.6 Å². The summed E-state index contributed by atoms with van der Waals surface area (Å²) in [7, 11) is 1.54. The van der Waals surface area contributed by atoms with Crippen LogP contribution in [0.5, 0.6) is 0 Å². The van der Waals surface area contributed by atoms with E-state index in [4.69, 9.17) is 5.11 Å². The van der Waals surface area contributed by atoms with Crippen molar-refractivity contribution in [3.05, 3.63) is 35.1 Å². The quantitative estimate of drug-likeness (QED) is 0.848. The van der Waals surface area contributed by atoms with Crippen LogP contribution in [0.4, 0.5) is 4.39 Å². The van der Waals surface area contributed by atoms with Crippen molar-refractivity contribution in [1.29, 1.82) is 0 Å². The summed E-state index contributed by atoms with van der Waals surface area (Å²) in [5.41, 5.74) is 0.486. The van der Waals surface area contributed by atoms with Gasteiger partial charge in [-0.05, 0) is 25.5 Å². The van der Waals surface area contributed by atoms with E-state index < -0.39 is 17.8 Å². The van der Waals surface area contributed by atoms with E-state index in [2.05, 4.69) is 0 Å². The van der Waals surface area contributed by atoms with E-state index in [0.717, 1.165) is 0 Å². The molecule has 1 atom stereocenters. The lowest BCUT2D eigenvalue weighted by Gasteiger charge is -2.19. The van der Waals surface area contributed by atoms with Gasteiger partial charge in [0.2, 0.25) is 0 Å². The summed E-state index contributed by atoms with van der Waals surface area (Å²) in [6, 6.07) is 4.70. The molecule has 0 aromatic heterocycles. The largest absolute Gasteiger partial charge is 0.392 e. The third kappa shape index (κ3) is 2.79. The SMILES string of the molecule is Cc1cccc(C(=O)N(C)CC(C)O)c1F. The number of benzene rings is 1. The molecule has 0 heterocycles. The minimum absolute atomic E-state index is 0.0446. The predicted octanol–water partition coefficient (Wildman–Crippen LogP) is 1.59. The van der Waals surface area contributed by atoms with Crippen LogP contribution in [0.25, 0.3) is 0 Å². The number of rotatable bonds is 3. The molecule has 1 amide bonds. The highest BCUT2D eigenvalue weighted by Gasteiger charge is 2.17. The smallest absolute Gasteiger partial charge is 0.256 e. The van der Waals surface area contributed by atoms with E-state index >= 15 is 0 Å². The number of likely N-dealkylation sites (N-methyl/N-ethyl adjacent to an activating group) is 1. The summed E-state index contributed by atoms with van der Waals surface area (Å²) >= 11 is 0. The highest BCUT2D eigenvalue weighted by atomic mass is 19.1. The standard InChI is InChI=1S/C12H16FNO2/c1-8-5-4-6-10(11(8)13)12(16)14(3)7-9(2)15/h4-6,9,15H,7H2,1-3H3. The van der Waals surface area contributed by atoms with Crippen LogP contribution < -0.4 is 0 Å². The van der Waals surface area contributed by atoms with Crippen LogP contribution in [0.15, 0.2) is 18.2 Å². The van der Waals surface area contributed by atoms with Crippen molar-refractivity contribution in [3.8, 4) is 0 Å². The predicted molar refractivity (Wildman–Crippen MR) is 59.8 cm³/mol. The third-order valence-electron chi connectivity index (χ3n) is 2.31. The second-order valence-corrected chi connectivity index (χ2v) is 3.97. The van der Waals surface area contributed by atoms with Crippen molar-refractivity contribution in [2.24, 2.45) is 0 Å². The molecule has 0 spiro atoms. The van der Waals surface area contributed by atoms with Gasteiger partial charge in [0, 0.05) is 13.6 Å². The summed E-state index contributed by atoms with van der Waals surface area (Å²) in [6.45, 7) is 3.38. The van der Waals surface area contributed by atoms with E-state index in [-0.39, 0.29) is 12.1 Å². The fourth-order valence-electron chi connectivity index (χ4n) is 1.50. The summed E-state index contributed by atoms with van der Waals surface area (Å²) < 4.78 is 13.6. The highest BCUT2D eigenvalue weighted by molar-refractivity contribution is 5.94. The number of amides is 1. The van der Waals surface area contributed by atoms with Crippen molar-refractivity contribution < 1.29 is 14.3 Å². The first-order valence-corrected chi connectivity index (χ1v) is 5.12. The van der Waals surface area contributed by atoms with Crippen LogP contribution in [0.1, 0.15) is 22.8 Å². The van der Waals surface area contributed by atoms with Gasteiger partial charge < -0.3 is 10.0 Å². The fourth-order valence-corrected chi connectivity index (χ4v) is 1.50. The minimum Gasteiger partial charge on any atom is -0.392 e. The Morgan fingerprint density at radius 3 is 2.75 bits per heavy atom. The summed E-state index contributed by atoms with van der Waals surface area (Å²) in [6.07, 6.45) is -0.623. The van der Waals surface area contributed by atoms with Gasteiger partial charge in [-0.1, -0.05) is 12.1 Å². The zero-order valence-electron chi connectivity index (χ0n) is 9.70. The Kier molecular flexibility index (Phi) is 4.01. The van der Waals surface area contributed by atoms with Gasteiger partial charge in [0.05, 0.1) is 11.7 Å². The molecule has 0 saturated carbocycles. The number of aliphatic hydroxyl groups is 1. The van der Waals surface area contributed by atoms with Gasteiger partial charge in [0.25, 0.3) is 5.91 Å². The molecule has 0 radical (unpaired) electrons. The molecule has 0 bridgehead atoms. The summed E-state index contributed by atoms with van der Waals surface area (Å²) in [4.78, 5) is 13.1. The molecule has 16 heavy (non-hydrogen) atoms. The Morgan fingerprint density at radius 2 is 2.19 bits per heavy atom. The molecule has 0 saturated heterocycles. The van der Waals surface area contributed by atoms with Crippen molar-refractivity contribution in [1.82, 2.24) is 4.90 Å². The van der Waals surface area contributed by atoms with Crippen molar-refractivity contribution in [2.45, 2.75) is 20.0 Å². The van der Waals surface area contributed by atoms with E-state index in [9.17, 15) is 9.18 Å². The van der Waals surface area contributed by atoms with Gasteiger partial charge in [0.1, 0.15) is 5.82 Å². The number of hydrogen-bond donors (Lipinski definition) is 1. The van der Waals surface area contributed by atoms with Crippen molar-refractivity contribution in [3.63, 3.8) is 0 Å². The Morgan fingerprint density at radius 1 is 1.56 bits per heavy atom. The lowest BCUT2D eigenvalue weighted by Crippen LogP contribution is -2.33. The lowest BCUT2D eigenvalue weighted by atomic mass is 10.1. The number of carbonyl (C=O) groups is 1. The van der Waals surface area contributed by atoms with Crippen LogP contribution in [0, 0.1) is 12.7 Å². The van der Waals surface area contributed by atoms with Crippen LogP contribution in [0.2, 0.25) is 0 Å². The highest BCUT2D eigenvalue weighted by Crippen LogP contribution is 2.13. The molecule has 1 unspecified atom stereocenters. The maximum atomic E-state index is 13.6. The molecule has 1 N–H and O–H groups in total. The normalized spacial score (nSPS) is 12.3. The number of aliphatic hydroxyl groups excluding tert-OH is 1. The number of hydrogen-bond acceptors (Lipinski definition) is 2. The summed E-state index contributed by atoms with van der Waals surface area (Å²) in [5.74, 6) is -0.910. The van der Waals surface area contributed by atoms with Gasteiger partial charge >= 0.3 is 0 Å². The molecule has 0 fully saturated rings. The molecule has 4 heteroatoms. The molecule has 1 aromatic rings. The zero-order chi connectivity index (χ0) is 12.3. The van der Waals surface area contributed by atoms with Crippen LogP contribution in [-0.2, 0) is 0 Å². The average Bonchev–Trinajstić information content (AvgIpc) is 2.20. The molecule has 88 valence electrons. The van der Waals surface area contributed by atoms with E-state index in [1.807, 2.05) is 0 Å². The monoisotopic (exact) mass is 225 g/mol. The van der Waals surface area contributed by atoms with Gasteiger partial charge in [-0.3, -0.25) is 4.79 Å². The molecule has 3 nitrogen and oxygen atoms in total. The van der Waals surface area contributed by atoms with Gasteiger partial charge in [0.15, 0.2) is 0 Å². The first kappa shape index (κ1) is 12.6. The van der Waals surface area contributed by atoms with Gasteiger partial charge in [-0.2, -0.15) is 0 Å².